The number of ether oxygens (including phenoxy) is 2. The largest absolute Gasteiger partial charge is 0.489 e. The molecule has 0 spiro atoms. The smallest absolute Gasteiger partial charge is 0.306 e. The van der Waals surface area contributed by atoms with E-state index in [4.69, 9.17) is 9.47 Å². The summed E-state index contributed by atoms with van der Waals surface area (Å²) < 4.78 is 13.5. The molecule has 0 saturated heterocycles. The highest BCUT2D eigenvalue weighted by molar-refractivity contribution is 5.80. The summed E-state index contributed by atoms with van der Waals surface area (Å²) in [7, 11) is 1.90. The molecule has 0 saturated carbocycles. The lowest BCUT2D eigenvalue weighted by atomic mass is 9.80. The second-order valence-electron chi connectivity index (χ2n) is 11.3. The highest BCUT2D eigenvalue weighted by atomic mass is 16.5. The van der Waals surface area contributed by atoms with Crippen molar-refractivity contribution >= 4 is 17.0 Å². The standard InChI is InChI=1S/C33H38N4O3/c1-5-39-32(38)18-27(26-15-16-30-33(22(26)3)34-35-36(30)4)24-14-13-23-10-8-11-29(28(23)17-24)37-19-21(2)40-31-12-7-6-9-25(31)20-37/h6-7,9,12-17,21,27,29H,5,8,10-11,18-20H2,1-4H3. The molecule has 2 aliphatic rings. The third-order valence-corrected chi connectivity index (χ3v) is 8.59. The van der Waals surface area contributed by atoms with E-state index in [1.54, 1.807) is 4.68 Å². The van der Waals surface area contributed by atoms with E-state index in [1.165, 1.54) is 23.1 Å². The number of rotatable bonds is 6. The minimum absolute atomic E-state index is 0.107. The molecule has 7 heteroatoms. The van der Waals surface area contributed by atoms with Crippen LogP contribution in [0.1, 0.15) is 78.5 Å². The van der Waals surface area contributed by atoms with E-state index in [1.807, 2.05) is 20.0 Å². The molecule has 4 aromatic rings. The maximum atomic E-state index is 12.9. The molecule has 1 aliphatic heterocycles. The maximum absolute atomic E-state index is 12.9. The Morgan fingerprint density at radius 1 is 1.15 bits per heavy atom. The molecule has 3 atom stereocenters. The molecule has 40 heavy (non-hydrogen) atoms. The fraction of sp³-hybridized carbons (Fsp3) is 0.424. The molecule has 3 aromatic carbocycles. The minimum atomic E-state index is -0.185. The number of carbonyl (C=O) groups is 1. The molecule has 2 heterocycles. The number of hydrogen-bond donors (Lipinski definition) is 0. The second kappa shape index (κ2) is 11.0. The summed E-state index contributed by atoms with van der Waals surface area (Å²) >= 11 is 0. The number of benzene rings is 3. The van der Waals surface area contributed by atoms with Gasteiger partial charge in [0.2, 0.25) is 0 Å². The van der Waals surface area contributed by atoms with Gasteiger partial charge in [0.15, 0.2) is 0 Å². The van der Waals surface area contributed by atoms with E-state index in [9.17, 15) is 4.79 Å². The molecule has 0 bridgehead atoms. The Bertz CT molecular complexity index is 1540. The second-order valence-corrected chi connectivity index (χ2v) is 11.3. The molecule has 7 nitrogen and oxygen atoms in total. The maximum Gasteiger partial charge on any atom is 0.306 e. The Morgan fingerprint density at radius 3 is 2.85 bits per heavy atom. The average molecular weight is 539 g/mol. The van der Waals surface area contributed by atoms with Crippen molar-refractivity contribution in [2.45, 2.75) is 71.1 Å². The van der Waals surface area contributed by atoms with Crippen LogP contribution in [0, 0.1) is 6.92 Å². The number of aromatic nitrogens is 3. The number of aryl methyl sites for hydroxylation is 3. The van der Waals surface area contributed by atoms with Gasteiger partial charge in [0.05, 0.1) is 18.5 Å². The van der Waals surface area contributed by atoms with Crippen molar-refractivity contribution in [3.63, 3.8) is 0 Å². The van der Waals surface area contributed by atoms with Gasteiger partial charge in [-0.15, -0.1) is 5.10 Å². The summed E-state index contributed by atoms with van der Waals surface area (Å²) in [5.74, 6) is 0.674. The molecule has 1 aromatic heterocycles. The highest BCUT2D eigenvalue weighted by Crippen LogP contribution is 2.41. The normalized spacial score (nSPS) is 19.8. The average Bonchev–Trinajstić information content (AvgIpc) is 3.24. The first-order valence-corrected chi connectivity index (χ1v) is 14.5. The van der Waals surface area contributed by atoms with Gasteiger partial charge < -0.3 is 9.47 Å². The molecule has 0 N–H and O–H groups in total. The number of carbonyl (C=O) groups excluding carboxylic acids is 1. The zero-order valence-electron chi connectivity index (χ0n) is 23.9. The van der Waals surface area contributed by atoms with Crippen LogP contribution in [0.5, 0.6) is 5.75 Å². The number of esters is 1. The quantitative estimate of drug-likeness (QED) is 0.280. The molecular formula is C33H38N4O3. The van der Waals surface area contributed by atoms with Crippen LogP contribution >= 0.6 is 0 Å². The number of nitrogens with zero attached hydrogens (tertiary/aromatic N) is 4. The van der Waals surface area contributed by atoms with Gasteiger partial charge in [-0.1, -0.05) is 47.7 Å². The summed E-state index contributed by atoms with van der Waals surface area (Å²) in [6.45, 7) is 8.22. The van der Waals surface area contributed by atoms with Crippen molar-refractivity contribution in [3.05, 3.63) is 88.0 Å². The molecular weight excluding hydrogens is 500 g/mol. The van der Waals surface area contributed by atoms with E-state index in [-0.39, 0.29) is 24.4 Å². The first kappa shape index (κ1) is 26.5. The van der Waals surface area contributed by atoms with Crippen molar-refractivity contribution in [2.75, 3.05) is 13.2 Å². The molecule has 0 amide bonds. The summed E-state index contributed by atoms with van der Waals surface area (Å²) in [6.07, 6.45) is 3.74. The van der Waals surface area contributed by atoms with Gasteiger partial charge in [-0.2, -0.15) is 0 Å². The molecule has 0 radical (unpaired) electrons. The molecule has 208 valence electrons. The summed E-state index contributed by atoms with van der Waals surface area (Å²) in [4.78, 5) is 15.5. The predicted octanol–water partition coefficient (Wildman–Crippen LogP) is 6.02. The Kier molecular flexibility index (Phi) is 7.32. The number of para-hydroxylation sites is 1. The van der Waals surface area contributed by atoms with Crippen LogP contribution in [-0.4, -0.2) is 45.1 Å². The Balaban J connectivity index is 1.41. The Morgan fingerprint density at radius 2 is 2.00 bits per heavy atom. The van der Waals surface area contributed by atoms with Crippen LogP contribution in [-0.2, 0) is 29.5 Å². The number of fused-ring (bicyclic) bond motifs is 3. The summed E-state index contributed by atoms with van der Waals surface area (Å²) in [6, 6.07) is 19.8. The zero-order chi connectivity index (χ0) is 27.8. The lowest BCUT2D eigenvalue weighted by Gasteiger charge is -2.36. The third kappa shape index (κ3) is 4.99. The monoisotopic (exact) mass is 538 g/mol. The van der Waals surface area contributed by atoms with Gasteiger partial charge in [0.25, 0.3) is 0 Å². The van der Waals surface area contributed by atoms with Gasteiger partial charge in [0, 0.05) is 37.7 Å². The van der Waals surface area contributed by atoms with Crippen LogP contribution in [0.4, 0.5) is 0 Å². The fourth-order valence-corrected chi connectivity index (χ4v) is 6.66. The van der Waals surface area contributed by atoms with Crippen LogP contribution in [0.2, 0.25) is 0 Å². The van der Waals surface area contributed by atoms with E-state index in [0.717, 1.165) is 59.4 Å². The highest BCUT2D eigenvalue weighted by Gasteiger charge is 2.32. The van der Waals surface area contributed by atoms with Crippen molar-refractivity contribution in [2.24, 2.45) is 7.05 Å². The van der Waals surface area contributed by atoms with Crippen LogP contribution in [0.25, 0.3) is 11.0 Å². The lowest BCUT2D eigenvalue weighted by Crippen LogP contribution is -2.36. The fourth-order valence-electron chi connectivity index (χ4n) is 6.66. The van der Waals surface area contributed by atoms with Crippen molar-refractivity contribution in [1.82, 2.24) is 19.9 Å². The first-order valence-electron chi connectivity index (χ1n) is 14.5. The lowest BCUT2D eigenvalue weighted by molar-refractivity contribution is -0.143. The molecule has 3 unspecified atom stereocenters. The van der Waals surface area contributed by atoms with E-state index < -0.39 is 0 Å². The zero-order valence-corrected chi connectivity index (χ0v) is 23.9. The van der Waals surface area contributed by atoms with Crippen molar-refractivity contribution in [3.8, 4) is 5.75 Å². The third-order valence-electron chi connectivity index (χ3n) is 8.59. The van der Waals surface area contributed by atoms with Crippen LogP contribution in [0.15, 0.2) is 54.6 Å². The van der Waals surface area contributed by atoms with Crippen LogP contribution in [0.3, 0.4) is 0 Å². The SMILES string of the molecule is CCOC(=O)CC(c1ccc2c(c1)C(N1Cc3ccccc3OC(C)C1)CCC2)c1ccc2c(nnn2C)c1C. The number of hydrogen-bond acceptors (Lipinski definition) is 6. The minimum Gasteiger partial charge on any atom is -0.489 e. The molecule has 0 fully saturated rings. The van der Waals surface area contributed by atoms with Gasteiger partial charge in [-0.05, 0) is 80.0 Å². The van der Waals surface area contributed by atoms with Gasteiger partial charge in [0.1, 0.15) is 17.4 Å². The molecule has 1 aliphatic carbocycles. The van der Waals surface area contributed by atoms with E-state index >= 15 is 0 Å². The van der Waals surface area contributed by atoms with Crippen LogP contribution < -0.4 is 4.74 Å². The predicted molar refractivity (Wildman–Crippen MR) is 155 cm³/mol. The van der Waals surface area contributed by atoms with Gasteiger partial charge >= 0.3 is 5.97 Å². The van der Waals surface area contributed by atoms with Gasteiger partial charge in [-0.3, -0.25) is 9.69 Å². The van der Waals surface area contributed by atoms with Crippen molar-refractivity contribution in [1.29, 1.82) is 0 Å². The van der Waals surface area contributed by atoms with E-state index in [2.05, 4.69) is 77.6 Å². The summed E-state index contributed by atoms with van der Waals surface area (Å²) in [5, 5.41) is 8.65. The first-order chi connectivity index (χ1) is 19.4. The van der Waals surface area contributed by atoms with E-state index in [0.29, 0.717) is 12.6 Å². The van der Waals surface area contributed by atoms with Crippen molar-refractivity contribution < 1.29 is 14.3 Å². The van der Waals surface area contributed by atoms with Gasteiger partial charge in [-0.25, -0.2) is 4.68 Å². The summed E-state index contributed by atoms with van der Waals surface area (Å²) in [5.41, 5.74) is 9.18. The Hall–Kier alpha value is -3.71. The molecule has 6 rings (SSSR count). The topological polar surface area (TPSA) is 69.5 Å². The Labute approximate surface area is 236 Å².